The second kappa shape index (κ2) is 6.44. The van der Waals surface area contributed by atoms with Crippen molar-refractivity contribution in [2.45, 2.75) is 18.9 Å². The smallest absolute Gasteiger partial charge is 0.317 e. The number of aliphatic carboxylic acids is 1. The second-order valence-corrected chi connectivity index (χ2v) is 4.56. The van der Waals surface area contributed by atoms with Gasteiger partial charge in [0.15, 0.2) is 0 Å². The van der Waals surface area contributed by atoms with E-state index in [1.807, 2.05) is 4.90 Å². The van der Waals surface area contributed by atoms with E-state index in [9.17, 15) is 9.59 Å². The third kappa shape index (κ3) is 4.46. The highest BCUT2D eigenvalue weighted by molar-refractivity contribution is 5.69. The SMILES string of the molecule is O=C(O)CN1CCO[C@H](CCc2cc(=O)[nH]cn2)C1. The van der Waals surface area contributed by atoms with Crippen LogP contribution in [-0.4, -0.2) is 58.3 Å². The summed E-state index contributed by atoms with van der Waals surface area (Å²) in [6, 6.07) is 1.47. The minimum absolute atomic E-state index is 0.00538. The average molecular weight is 267 g/mol. The van der Waals surface area contributed by atoms with E-state index in [0.29, 0.717) is 26.1 Å². The topological polar surface area (TPSA) is 95.5 Å². The zero-order valence-corrected chi connectivity index (χ0v) is 10.5. The van der Waals surface area contributed by atoms with Crippen LogP contribution in [0, 0.1) is 0 Å². The summed E-state index contributed by atoms with van der Waals surface area (Å²) in [5, 5.41) is 8.76. The summed E-state index contributed by atoms with van der Waals surface area (Å²) in [7, 11) is 0. The molecule has 0 spiro atoms. The number of H-pyrrole nitrogens is 1. The fourth-order valence-corrected chi connectivity index (χ4v) is 2.14. The van der Waals surface area contributed by atoms with E-state index < -0.39 is 5.97 Å². The number of morpholine rings is 1. The molecular weight excluding hydrogens is 250 g/mol. The standard InChI is InChI=1S/C12H17N3O4/c16-11-5-9(13-8-14-11)1-2-10-6-15(3-4-19-10)7-12(17)18/h5,8,10H,1-4,6-7H2,(H,17,18)(H,13,14,16)/t10-/m1/s1. The highest BCUT2D eigenvalue weighted by Crippen LogP contribution is 2.10. The zero-order valence-electron chi connectivity index (χ0n) is 10.5. The number of carbonyl (C=O) groups is 1. The maximum Gasteiger partial charge on any atom is 0.317 e. The second-order valence-electron chi connectivity index (χ2n) is 4.56. The van der Waals surface area contributed by atoms with Gasteiger partial charge in [-0.3, -0.25) is 14.5 Å². The van der Waals surface area contributed by atoms with Gasteiger partial charge in [-0.05, 0) is 12.8 Å². The summed E-state index contributed by atoms with van der Waals surface area (Å²) in [5.74, 6) is -0.822. The first kappa shape index (κ1) is 13.7. The molecule has 1 saturated heterocycles. The van der Waals surface area contributed by atoms with Gasteiger partial charge in [0.25, 0.3) is 5.56 Å². The highest BCUT2D eigenvalue weighted by Gasteiger charge is 2.21. The Balaban J connectivity index is 1.82. The molecule has 1 aromatic heterocycles. The lowest BCUT2D eigenvalue weighted by Crippen LogP contribution is -2.44. The summed E-state index contributed by atoms with van der Waals surface area (Å²) < 4.78 is 5.59. The van der Waals surface area contributed by atoms with Crippen LogP contribution in [0.15, 0.2) is 17.2 Å². The van der Waals surface area contributed by atoms with Crippen LogP contribution in [0.1, 0.15) is 12.1 Å². The number of aryl methyl sites for hydroxylation is 1. The molecule has 0 amide bonds. The van der Waals surface area contributed by atoms with E-state index in [0.717, 1.165) is 12.1 Å². The Morgan fingerprint density at radius 3 is 3.21 bits per heavy atom. The van der Waals surface area contributed by atoms with Crippen molar-refractivity contribution in [3.63, 3.8) is 0 Å². The van der Waals surface area contributed by atoms with Crippen LogP contribution < -0.4 is 5.56 Å². The Bertz CT molecular complexity index is 488. The molecule has 104 valence electrons. The molecule has 0 unspecified atom stereocenters. The average Bonchev–Trinajstić information content (AvgIpc) is 2.36. The molecule has 7 nitrogen and oxygen atoms in total. The molecule has 1 atom stereocenters. The van der Waals surface area contributed by atoms with Crippen LogP contribution in [0.2, 0.25) is 0 Å². The number of carboxylic acids is 1. The monoisotopic (exact) mass is 267 g/mol. The first-order chi connectivity index (χ1) is 9.13. The van der Waals surface area contributed by atoms with Gasteiger partial charge in [-0.1, -0.05) is 0 Å². The fourth-order valence-electron chi connectivity index (χ4n) is 2.14. The van der Waals surface area contributed by atoms with E-state index in [2.05, 4.69) is 9.97 Å². The molecule has 0 radical (unpaired) electrons. The molecule has 2 N–H and O–H groups in total. The number of ether oxygens (including phenoxy) is 1. The van der Waals surface area contributed by atoms with Crippen LogP contribution in [0.5, 0.6) is 0 Å². The van der Waals surface area contributed by atoms with Gasteiger partial charge in [-0.2, -0.15) is 0 Å². The van der Waals surface area contributed by atoms with Crippen LogP contribution in [0.3, 0.4) is 0 Å². The number of hydrogen-bond donors (Lipinski definition) is 2. The van der Waals surface area contributed by atoms with Gasteiger partial charge in [0.05, 0.1) is 25.6 Å². The van der Waals surface area contributed by atoms with Crippen molar-refractivity contribution >= 4 is 5.97 Å². The van der Waals surface area contributed by atoms with Gasteiger partial charge in [-0.15, -0.1) is 0 Å². The third-order valence-corrected chi connectivity index (χ3v) is 3.04. The van der Waals surface area contributed by atoms with Crippen molar-refractivity contribution in [2.75, 3.05) is 26.2 Å². The molecule has 2 rings (SSSR count). The third-order valence-electron chi connectivity index (χ3n) is 3.04. The largest absolute Gasteiger partial charge is 0.480 e. The van der Waals surface area contributed by atoms with Crippen molar-refractivity contribution in [3.05, 3.63) is 28.4 Å². The highest BCUT2D eigenvalue weighted by atomic mass is 16.5. The number of nitrogens with zero attached hydrogens (tertiary/aromatic N) is 2. The summed E-state index contributed by atoms with van der Waals surface area (Å²) in [4.78, 5) is 30.2. The lowest BCUT2D eigenvalue weighted by molar-refractivity contribution is -0.140. The molecule has 19 heavy (non-hydrogen) atoms. The number of carboxylic acid groups (broad SMARTS) is 1. The summed E-state index contributed by atoms with van der Waals surface area (Å²) in [6.45, 7) is 1.84. The van der Waals surface area contributed by atoms with Gasteiger partial charge in [0, 0.05) is 24.8 Å². The molecule has 1 aromatic rings. The molecule has 7 heteroatoms. The van der Waals surface area contributed by atoms with Crippen molar-refractivity contribution < 1.29 is 14.6 Å². The predicted octanol–water partition coefficient (Wildman–Crippen LogP) is -0.512. The van der Waals surface area contributed by atoms with Gasteiger partial charge < -0.3 is 14.8 Å². The Hall–Kier alpha value is -1.73. The van der Waals surface area contributed by atoms with E-state index in [1.54, 1.807) is 0 Å². The number of hydrogen-bond acceptors (Lipinski definition) is 5. The number of rotatable bonds is 5. The van der Waals surface area contributed by atoms with Crippen LogP contribution in [0.4, 0.5) is 0 Å². The maximum atomic E-state index is 11.1. The molecule has 0 saturated carbocycles. The Morgan fingerprint density at radius 2 is 2.47 bits per heavy atom. The molecule has 0 bridgehead atoms. The molecule has 2 heterocycles. The Morgan fingerprint density at radius 1 is 1.63 bits per heavy atom. The fraction of sp³-hybridized carbons (Fsp3) is 0.583. The lowest BCUT2D eigenvalue weighted by atomic mass is 10.1. The maximum absolute atomic E-state index is 11.1. The van der Waals surface area contributed by atoms with Gasteiger partial charge in [0.1, 0.15) is 0 Å². The van der Waals surface area contributed by atoms with E-state index >= 15 is 0 Å². The lowest BCUT2D eigenvalue weighted by Gasteiger charge is -2.31. The Kier molecular flexibility index (Phi) is 4.64. The van der Waals surface area contributed by atoms with Crippen molar-refractivity contribution in [2.24, 2.45) is 0 Å². The first-order valence-corrected chi connectivity index (χ1v) is 6.23. The molecule has 0 aromatic carbocycles. The van der Waals surface area contributed by atoms with Crippen LogP contribution in [-0.2, 0) is 16.0 Å². The van der Waals surface area contributed by atoms with Gasteiger partial charge in [0.2, 0.25) is 0 Å². The van der Waals surface area contributed by atoms with Crippen LogP contribution in [0.25, 0.3) is 0 Å². The van der Waals surface area contributed by atoms with Gasteiger partial charge in [-0.25, -0.2) is 4.98 Å². The Labute approximate surface area is 110 Å². The molecular formula is C12H17N3O4. The molecule has 1 aliphatic rings. The number of aromatic amines is 1. The van der Waals surface area contributed by atoms with E-state index in [-0.39, 0.29) is 18.2 Å². The molecule has 1 aliphatic heterocycles. The predicted molar refractivity (Wildman–Crippen MR) is 67.0 cm³/mol. The zero-order chi connectivity index (χ0) is 13.7. The van der Waals surface area contributed by atoms with Crippen molar-refractivity contribution in [1.29, 1.82) is 0 Å². The summed E-state index contributed by atoms with van der Waals surface area (Å²) in [6.07, 6.45) is 2.76. The first-order valence-electron chi connectivity index (χ1n) is 6.23. The van der Waals surface area contributed by atoms with E-state index in [1.165, 1.54) is 12.4 Å². The summed E-state index contributed by atoms with van der Waals surface area (Å²) >= 11 is 0. The number of nitrogens with one attached hydrogen (secondary N) is 1. The molecule has 0 aliphatic carbocycles. The minimum atomic E-state index is -0.822. The molecule has 1 fully saturated rings. The summed E-state index contributed by atoms with van der Waals surface area (Å²) in [5.41, 5.74) is 0.560. The van der Waals surface area contributed by atoms with Crippen molar-refractivity contribution in [3.8, 4) is 0 Å². The minimum Gasteiger partial charge on any atom is -0.480 e. The van der Waals surface area contributed by atoms with E-state index in [4.69, 9.17) is 9.84 Å². The van der Waals surface area contributed by atoms with Crippen molar-refractivity contribution in [1.82, 2.24) is 14.9 Å². The quantitative estimate of drug-likeness (QED) is 0.746. The normalized spacial score (nSPS) is 20.3. The van der Waals surface area contributed by atoms with Gasteiger partial charge >= 0.3 is 5.97 Å². The van der Waals surface area contributed by atoms with Crippen LogP contribution >= 0.6 is 0 Å². The number of aromatic nitrogens is 2.